The largest absolute Gasteiger partial charge is 0.399 e. The van der Waals surface area contributed by atoms with Gasteiger partial charge in [0.15, 0.2) is 0 Å². The Labute approximate surface area is 134 Å². The van der Waals surface area contributed by atoms with Crippen molar-refractivity contribution in [2.75, 3.05) is 18.8 Å². The van der Waals surface area contributed by atoms with Crippen LogP contribution in [0.15, 0.2) is 12.1 Å². The van der Waals surface area contributed by atoms with E-state index >= 15 is 0 Å². The monoisotopic (exact) mass is 331 g/mol. The van der Waals surface area contributed by atoms with E-state index < -0.39 is 5.91 Å². The minimum Gasteiger partial charge on any atom is -0.399 e. The van der Waals surface area contributed by atoms with Crippen LogP contribution >= 0.6 is 23.2 Å². The molecule has 0 radical (unpaired) electrons. The van der Waals surface area contributed by atoms with E-state index in [-0.39, 0.29) is 34.5 Å². The van der Waals surface area contributed by atoms with E-state index in [1.807, 2.05) is 13.8 Å². The third kappa shape index (κ3) is 5.81. The van der Waals surface area contributed by atoms with E-state index in [0.29, 0.717) is 18.2 Å². The molecule has 2 amide bonds. The molecule has 0 atom stereocenters. The number of carbonyl (C=O) groups is 2. The van der Waals surface area contributed by atoms with Gasteiger partial charge in [-0.1, -0.05) is 37.0 Å². The second-order valence-electron chi connectivity index (χ2n) is 5.07. The predicted octanol–water partition coefficient (Wildman–Crippen LogP) is 2.47. The SMILES string of the molecule is CC(C)CNC(=O)CCNC(=O)c1cc(N)cc(Cl)c1Cl. The zero-order chi connectivity index (χ0) is 16.0. The van der Waals surface area contributed by atoms with Crippen LogP contribution in [0.25, 0.3) is 0 Å². The number of carbonyl (C=O) groups excluding carboxylic acids is 2. The lowest BCUT2D eigenvalue weighted by Gasteiger charge is -2.10. The van der Waals surface area contributed by atoms with Gasteiger partial charge in [0.25, 0.3) is 5.91 Å². The number of halogens is 2. The van der Waals surface area contributed by atoms with Gasteiger partial charge in [0.2, 0.25) is 5.91 Å². The zero-order valence-electron chi connectivity index (χ0n) is 12.0. The van der Waals surface area contributed by atoms with Crippen molar-refractivity contribution < 1.29 is 9.59 Å². The topological polar surface area (TPSA) is 84.2 Å². The first-order valence-corrected chi connectivity index (χ1v) is 7.36. The number of benzene rings is 1. The third-order valence-corrected chi connectivity index (χ3v) is 3.44. The lowest BCUT2D eigenvalue weighted by atomic mass is 10.2. The van der Waals surface area contributed by atoms with E-state index in [0.717, 1.165) is 0 Å². The number of nitrogens with two attached hydrogens (primary N) is 1. The van der Waals surface area contributed by atoms with Gasteiger partial charge in [-0.05, 0) is 18.1 Å². The van der Waals surface area contributed by atoms with Crippen molar-refractivity contribution in [2.45, 2.75) is 20.3 Å². The van der Waals surface area contributed by atoms with Crippen molar-refractivity contribution in [1.82, 2.24) is 10.6 Å². The molecule has 1 rings (SSSR count). The number of hydrogen-bond acceptors (Lipinski definition) is 3. The molecule has 1 aromatic carbocycles. The highest BCUT2D eigenvalue weighted by atomic mass is 35.5. The average Bonchev–Trinajstić information content (AvgIpc) is 2.40. The average molecular weight is 332 g/mol. The number of amides is 2. The first kappa shape index (κ1) is 17.6. The second-order valence-corrected chi connectivity index (χ2v) is 5.85. The maximum atomic E-state index is 12.0. The van der Waals surface area contributed by atoms with Crippen molar-refractivity contribution >= 4 is 40.7 Å². The maximum Gasteiger partial charge on any atom is 0.252 e. The summed E-state index contributed by atoms with van der Waals surface area (Å²) in [5.41, 5.74) is 6.17. The van der Waals surface area contributed by atoms with Gasteiger partial charge >= 0.3 is 0 Å². The summed E-state index contributed by atoms with van der Waals surface area (Å²) < 4.78 is 0. The molecule has 116 valence electrons. The normalized spacial score (nSPS) is 10.5. The lowest BCUT2D eigenvalue weighted by Crippen LogP contribution is -2.32. The van der Waals surface area contributed by atoms with Crippen LogP contribution in [-0.2, 0) is 4.79 Å². The molecule has 0 aliphatic carbocycles. The Morgan fingerprint density at radius 1 is 1.24 bits per heavy atom. The Bertz CT molecular complexity index is 533. The fourth-order valence-corrected chi connectivity index (χ4v) is 1.99. The fraction of sp³-hybridized carbons (Fsp3) is 0.429. The van der Waals surface area contributed by atoms with Crippen molar-refractivity contribution in [3.63, 3.8) is 0 Å². The highest BCUT2D eigenvalue weighted by Crippen LogP contribution is 2.28. The molecule has 0 saturated carbocycles. The summed E-state index contributed by atoms with van der Waals surface area (Å²) in [6.45, 7) is 4.84. The van der Waals surface area contributed by atoms with Gasteiger partial charge in [0.05, 0.1) is 15.6 Å². The van der Waals surface area contributed by atoms with E-state index in [4.69, 9.17) is 28.9 Å². The Morgan fingerprint density at radius 3 is 2.52 bits per heavy atom. The third-order valence-electron chi connectivity index (χ3n) is 2.64. The molecule has 21 heavy (non-hydrogen) atoms. The number of nitrogens with one attached hydrogen (secondary N) is 2. The van der Waals surface area contributed by atoms with Gasteiger partial charge in [-0.2, -0.15) is 0 Å². The Morgan fingerprint density at radius 2 is 1.90 bits per heavy atom. The maximum absolute atomic E-state index is 12.0. The predicted molar refractivity (Wildman–Crippen MR) is 85.7 cm³/mol. The second kappa shape index (κ2) is 8.10. The molecule has 0 fully saturated rings. The molecular weight excluding hydrogens is 313 g/mol. The Kier molecular flexibility index (Phi) is 6.78. The number of hydrogen-bond donors (Lipinski definition) is 3. The molecule has 4 N–H and O–H groups in total. The quantitative estimate of drug-likeness (QED) is 0.700. The van der Waals surface area contributed by atoms with Gasteiger partial charge in [-0.15, -0.1) is 0 Å². The summed E-state index contributed by atoms with van der Waals surface area (Å²) in [7, 11) is 0. The lowest BCUT2D eigenvalue weighted by molar-refractivity contribution is -0.121. The van der Waals surface area contributed by atoms with E-state index in [1.165, 1.54) is 12.1 Å². The van der Waals surface area contributed by atoms with Crippen LogP contribution in [0, 0.1) is 5.92 Å². The summed E-state index contributed by atoms with van der Waals surface area (Å²) in [4.78, 5) is 23.5. The highest BCUT2D eigenvalue weighted by molar-refractivity contribution is 6.44. The summed E-state index contributed by atoms with van der Waals surface area (Å²) >= 11 is 11.8. The van der Waals surface area contributed by atoms with E-state index in [9.17, 15) is 9.59 Å². The minimum atomic E-state index is -0.411. The number of nitrogen functional groups attached to an aromatic ring is 1. The van der Waals surface area contributed by atoms with Crippen LogP contribution in [0.3, 0.4) is 0 Å². The van der Waals surface area contributed by atoms with E-state index in [2.05, 4.69) is 10.6 Å². The summed E-state index contributed by atoms with van der Waals surface area (Å²) in [5, 5.41) is 5.75. The van der Waals surface area contributed by atoms with Crippen LogP contribution in [-0.4, -0.2) is 24.9 Å². The highest BCUT2D eigenvalue weighted by Gasteiger charge is 2.14. The molecule has 0 heterocycles. The van der Waals surface area contributed by atoms with Crippen LogP contribution in [0.4, 0.5) is 5.69 Å². The molecule has 0 bridgehead atoms. The van der Waals surface area contributed by atoms with Crippen LogP contribution in [0.2, 0.25) is 10.0 Å². The van der Waals surface area contributed by atoms with Crippen molar-refractivity contribution in [3.05, 3.63) is 27.7 Å². The molecule has 0 aliphatic heterocycles. The molecule has 7 heteroatoms. The minimum absolute atomic E-state index is 0.110. The van der Waals surface area contributed by atoms with Gasteiger partial charge in [0, 0.05) is 25.2 Å². The van der Waals surface area contributed by atoms with Crippen molar-refractivity contribution in [2.24, 2.45) is 5.92 Å². The molecule has 1 aromatic rings. The number of rotatable bonds is 6. The summed E-state index contributed by atoms with van der Waals surface area (Å²) in [5.74, 6) is -0.136. The standard InChI is InChI=1S/C14H19Cl2N3O2/c1-8(2)7-19-12(20)3-4-18-14(21)10-5-9(17)6-11(15)13(10)16/h5-6,8H,3-4,7,17H2,1-2H3,(H,18,21)(H,19,20). The van der Waals surface area contributed by atoms with Crippen LogP contribution in [0.1, 0.15) is 30.6 Å². The Balaban J connectivity index is 2.50. The molecular formula is C14H19Cl2N3O2. The molecule has 0 aromatic heterocycles. The Hall–Kier alpha value is -1.46. The smallest absolute Gasteiger partial charge is 0.252 e. The van der Waals surface area contributed by atoms with Gasteiger partial charge in [-0.3, -0.25) is 9.59 Å². The first-order valence-electron chi connectivity index (χ1n) is 6.60. The van der Waals surface area contributed by atoms with Gasteiger partial charge in [-0.25, -0.2) is 0 Å². The van der Waals surface area contributed by atoms with E-state index in [1.54, 1.807) is 0 Å². The summed E-state index contributed by atoms with van der Waals surface area (Å²) in [6, 6.07) is 2.92. The fourth-order valence-electron chi connectivity index (χ4n) is 1.57. The first-order chi connectivity index (χ1) is 9.81. The molecule has 0 unspecified atom stereocenters. The molecule has 5 nitrogen and oxygen atoms in total. The van der Waals surface area contributed by atoms with Gasteiger partial charge in [0.1, 0.15) is 0 Å². The number of anilines is 1. The van der Waals surface area contributed by atoms with Crippen LogP contribution in [0.5, 0.6) is 0 Å². The van der Waals surface area contributed by atoms with Crippen molar-refractivity contribution in [1.29, 1.82) is 0 Å². The molecule has 0 saturated heterocycles. The zero-order valence-corrected chi connectivity index (χ0v) is 13.5. The molecule has 0 aliphatic rings. The molecule has 0 spiro atoms. The van der Waals surface area contributed by atoms with Crippen LogP contribution < -0.4 is 16.4 Å². The summed E-state index contributed by atoms with van der Waals surface area (Å²) in [6.07, 6.45) is 0.201. The van der Waals surface area contributed by atoms with Crippen molar-refractivity contribution in [3.8, 4) is 0 Å². The van der Waals surface area contributed by atoms with Gasteiger partial charge < -0.3 is 16.4 Å².